The molecule has 1 unspecified atom stereocenters. The molecule has 0 fully saturated rings. The predicted molar refractivity (Wildman–Crippen MR) is 71.7 cm³/mol. The lowest BCUT2D eigenvalue weighted by Crippen LogP contribution is -2.31. The van der Waals surface area contributed by atoms with Gasteiger partial charge in [-0.3, -0.25) is 0 Å². The van der Waals surface area contributed by atoms with Crippen LogP contribution in [-0.4, -0.2) is 26.2 Å². The second-order valence-electron chi connectivity index (χ2n) is 4.13. The van der Waals surface area contributed by atoms with Crippen LogP contribution in [0.2, 0.25) is 0 Å². The number of hydrogen-bond acceptors (Lipinski definition) is 4. The van der Waals surface area contributed by atoms with E-state index in [9.17, 15) is 13.5 Å². The van der Waals surface area contributed by atoms with Gasteiger partial charge in [-0.05, 0) is 30.5 Å². The summed E-state index contributed by atoms with van der Waals surface area (Å²) in [6.07, 6.45) is 0.583. The molecule has 1 rings (SSSR count). The summed E-state index contributed by atoms with van der Waals surface area (Å²) in [6, 6.07) is 4.68. The number of nitrogen functional groups attached to an aromatic ring is 1. The minimum absolute atomic E-state index is 0.00820. The summed E-state index contributed by atoms with van der Waals surface area (Å²) in [4.78, 5) is 0.125. The summed E-state index contributed by atoms with van der Waals surface area (Å²) >= 11 is 0. The van der Waals surface area contributed by atoms with Crippen molar-refractivity contribution in [2.75, 3.05) is 12.3 Å². The summed E-state index contributed by atoms with van der Waals surface area (Å²) in [5, 5.41) is 9.35. The topological polar surface area (TPSA) is 92.4 Å². The molecule has 5 nitrogen and oxygen atoms in total. The number of nitrogens with one attached hydrogen (secondary N) is 1. The highest BCUT2D eigenvalue weighted by atomic mass is 32.2. The number of sulfonamides is 1. The molecule has 18 heavy (non-hydrogen) atoms. The van der Waals surface area contributed by atoms with E-state index in [0.29, 0.717) is 12.1 Å². The molecular formula is C12H20N2O3S. The molecule has 6 heteroatoms. The maximum Gasteiger partial charge on any atom is 0.240 e. The van der Waals surface area contributed by atoms with E-state index in [1.165, 1.54) is 12.1 Å². The summed E-state index contributed by atoms with van der Waals surface area (Å²) in [5.41, 5.74) is 7.16. The molecule has 0 radical (unpaired) electrons. The van der Waals surface area contributed by atoms with Crippen LogP contribution in [-0.2, 0) is 16.4 Å². The van der Waals surface area contributed by atoms with Gasteiger partial charge in [-0.1, -0.05) is 19.9 Å². The Labute approximate surface area is 108 Å². The van der Waals surface area contributed by atoms with Crippen LogP contribution in [0.5, 0.6) is 0 Å². The van der Waals surface area contributed by atoms with Crippen LogP contribution in [0.15, 0.2) is 23.1 Å². The second-order valence-corrected chi connectivity index (χ2v) is 5.90. The van der Waals surface area contributed by atoms with Gasteiger partial charge in [-0.15, -0.1) is 0 Å². The van der Waals surface area contributed by atoms with Gasteiger partial charge in [-0.25, -0.2) is 13.1 Å². The first-order chi connectivity index (χ1) is 8.40. The first-order valence-electron chi connectivity index (χ1n) is 5.96. The van der Waals surface area contributed by atoms with Gasteiger partial charge in [0.2, 0.25) is 10.0 Å². The van der Waals surface area contributed by atoms with Gasteiger partial charge in [0.1, 0.15) is 0 Å². The third-order valence-corrected chi connectivity index (χ3v) is 4.21. The molecule has 1 aromatic carbocycles. The normalized spacial score (nSPS) is 13.5. The van der Waals surface area contributed by atoms with Gasteiger partial charge >= 0.3 is 0 Å². The fourth-order valence-electron chi connectivity index (χ4n) is 1.50. The second kappa shape index (κ2) is 6.17. The standard InChI is InChI=1S/C12H20N2O3S/c1-3-9-5-6-11(7-12(9)13)18(16,17)14-8-10(15)4-2/h5-7,10,14-15H,3-4,8,13H2,1-2H3. The summed E-state index contributed by atoms with van der Waals surface area (Å²) < 4.78 is 26.2. The van der Waals surface area contributed by atoms with Gasteiger partial charge in [0.15, 0.2) is 0 Å². The molecule has 0 spiro atoms. The molecule has 0 saturated carbocycles. The third-order valence-electron chi connectivity index (χ3n) is 2.79. The molecule has 0 aliphatic heterocycles. The van der Waals surface area contributed by atoms with E-state index in [-0.39, 0.29) is 11.4 Å². The number of rotatable bonds is 6. The molecule has 0 bridgehead atoms. The van der Waals surface area contributed by atoms with Crippen molar-refractivity contribution in [1.29, 1.82) is 0 Å². The third kappa shape index (κ3) is 3.69. The number of benzene rings is 1. The van der Waals surface area contributed by atoms with Crippen molar-refractivity contribution in [3.8, 4) is 0 Å². The molecule has 1 atom stereocenters. The van der Waals surface area contributed by atoms with E-state index in [2.05, 4.69) is 4.72 Å². The first-order valence-corrected chi connectivity index (χ1v) is 7.45. The van der Waals surface area contributed by atoms with Gasteiger partial charge in [0.05, 0.1) is 11.0 Å². The van der Waals surface area contributed by atoms with Crippen molar-refractivity contribution in [2.24, 2.45) is 0 Å². The summed E-state index contributed by atoms with van der Waals surface area (Å²) in [6.45, 7) is 3.75. The molecule has 0 aromatic heterocycles. The van der Waals surface area contributed by atoms with E-state index in [1.54, 1.807) is 13.0 Å². The Kier molecular flexibility index (Phi) is 5.13. The zero-order chi connectivity index (χ0) is 13.8. The fraction of sp³-hybridized carbons (Fsp3) is 0.500. The Bertz CT molecular complexity index is 500. The maximum atomic E-state index is 11.9. The van der Waals surface area contributed by atoms with Gasteiger partial charge in [-0.2, -0.15) is 0 Å². The van der Waals surface area contributed by atoms with Crippen LogP contribution in [0.4, 0.5) is 5.69 Å². The Hall–Kier alpha value is -1.11. The minimum Gasteiger partial charge on any atom is -0.398 e. The quantitative estimate of drug-likeness (QED) is 0.670. The van der Waals surface area contributed by atoms with Crippen molar-refractivity contribution in [3.63, 3.8) is 0 Å². The average Bonchev–Trinajstić information content (AvgIpc) is 2.35. The summed E-state index contributed by atoms with van der Waals surface area (Å²) in [7, 11) is -3.60. The van der Waals surface area contributed by atoms with Crippen LogP contribution < -0.4 is 10.5 Å². The van der Waals surface area contributed by atoms with E-state index >= 15 is 0 Å². The number of aryl methyl sites for hydroxylation is 1. The number of aliphatic hydroxyl groups excluding tert-OH is 1. The smallest absolute Gasteiger partial charge is 0.240 e. The zero-order valence-corrected chi connectivity index (χ0v) is 11.5. The maximum absolute atomic E-state index is 11.9. The largest absolute Gasteiger partial charge is 0.398 e. The monoisotopic (exact) mass is 272 g/mol. The van der Waals surface area contributed by atoms with Crippen molar-refractivity contribution < 1.29 is 13.5 Å². The van der Waals surface area contributed by atoms with Crippen LogP contribution in [0.3, 0.4) is 0 Å². The molecule has 0 aliphatic carbocycles. The average molecular weight is 272 g/mol. The van der Waals surface area contributed by atoms with E-state index in [4.69, 9.17) is 5.73 Å². The van der Waals surface area contributed by atoms with Crippen LogP contribution in [0.25, 0.3) is 0 Å². The SMILES string of the molecule is CCc1ccc(S(=O)(=O)NCC(O)CC)cc1N. The molecule has 0 heterocycles. The highest BCUT2D eigenvalue weighted by molar-refractivity contribution is 7.89. The number of nitrogens with two attached hydrogens (primary N) is 1. The minimum atomic E-state index is -3.60. The van der Waals surface area contributed by atoms with Crippen LogP contribution in [0.1, 0.15) is 25.8 Å². The van der Waals surface area contributed by atoms with Gasteiger partial charge in [0.25, 0.3) is 0 Å². The summed E-state index contributed by atoms with van der Waals surface area (Å²) in [5.74, 6) is 0. The van der Waals surface area contributed by atoms with E-state index in [1.807, 2.05) is 6.92 Å². The Morgan fingerprint density at radius 1 is 1.39 bits per heavy atom. The Balaban J connectivity index is 2.88. The first kappa shape index (κ1) is 14.9. The lowest BCUT2D eigenvalue weighted by Gasteiger charge is -2.11. The van der Waals surface area contributed by atoms with E-state index < -0.39 is 16.1 Å². The molecule has 0 aliphatic rings. The van der Waals surface area contributed by atoms with Crippen molar-refractivity contribution in [2.45, 2.75) is 37.7 Å². The lowest BCUT2D eigenvalue weighted by molar-refractivity contribution is 0.174. The lowest BCUT2D eigenvalue weighted by atomic mass is 10.1. The number of hydrogen-bond donors (Lipinski definition) is 3. The molecule has 102 valence electrons. The van der Waals surface area contributed by atoms with E-state index in [0.717, 1.165) is 12.0 Å². The number of anilines is 1. The van der Waals surface area contributed by atoms with Crippen molar-refractivity contribution in [3.05, 3.63) is 23.8 Å². The number of aliphatic hydroxyl groups is 1. The van der Waals surface area contributed by atoms with Crippen molar-refractivity contribution in [1.82, 2.24) is 4.72 Å². The molecule has 4 N–H and O–H groups in total. The highest BCUT2D eigenvalue weighted by Gasteiger charge is 2.16. The predicted octanol–water partition coefficient (Wildman–Crippen LogP) is 0.880. The van der Waals surface area contributed by atoms with Crippen molar-refractivity contribution >= 4 is 15.7 Å². The fourth-order valence-corrected chi connectivity index (χ4v) is 2.60. The zero-order valence-electron chi connectivity index (χ0n) is 10.7. The molecule has 0 saturated heterocycles. The molecule has 0 amide bonds. The van der Waals surface area contributed by atoms with Crippen LogP contribution in [0, 0.1) is 0 Å². The molecule has 1 aromatic rings. The van der Waals surface area contributed by atoms with Gasteiger partial charge in [0, 0.05) is 12.2 Å². The highest BCUT2D eigenvalue weighted by Crippen LogP contribution is 2.18. The van der Waals surface area contributed by atoms with Crippen LogP contribution >= 0.6 is 0 Å². The Morgan fingerprint density at radius 3 is 2.56 bits per heavy atom. The molecular weight excluding hydrogens is 252 g/mol. The van der Waals surface area contributed by atoms with Gasteiger partial charge < -0.3 is 10.8 Å². The Morgan fingerprint density at radius 2 is 2.06 bits per heavy atom.